The number of ether oxygens (including phenoxy) is 1. The normalized spacial score (nSPS) is 12.2. The number of fused-ring (bicyclic) bond motifs is 1. The molecule has 1 N–H and O–H groups in total. The van der Waals surface area contributed by atoms with E-state index in [-0.39, 0.29) is 5.56 Å². The van der Waals surface area contributed by atoms with Crippen LogP contribution in [0.1, 0.15) is 12.8 Å². The van der Waals surface area contributed by atoms with Gasteiger partial charge in [0.05, 0.1) is 17.4 Å². The number of nitrogens with one attached hydrogen (secondary N) is 1. The van der Waals surface area contributed by atoms with Gasteiger partial charge in [0.25, 0.3) is 0 Å². The summed E-state index contributed by atoms with van der Waals surface area (Å²) in [4.78, 5) is 14.8. The monoisotopic (exact) mass is 375 g/mol. The molecular weight excluding hydrogens is 358 g/mol. The van der Waals surface area contributed by atoms with Crippen molar-refractivity contribution in [1.82, 2.24) is 4.98 Å². The van der Waals surface area contributed by atoms with E-state index in [4.69, 9.17) is 16.3 Å². The zero-order valence-corrected chi connectivity index (χ0v) is 15.1. The number of aromatic amines is 1. The van der Waals surface area contributed by atoms with Crippen LogP contribution in [0, 0.1) is 0 Å². The molecule has 0 amide bonds. The van der Waals surface area contributed by atoms with Crippen LogP contribution in [0.5, 0.6) is 5.75 Å². The zero-order valence-electron chi connectivity index (χ0n) is 13.5. The van der Waals surface area contributed by atoms with Crippen LogP contribution >= 0.6 is 11.6 Å². The Labute approximate surface area is 153 Å². The molecule has 0 aliphatic heterocycles. The summed E-state index contributed by atoms with van der Waals surface area (Å²) in [6.07, 6.45) is 1.64. The van der Waals surface area contributed by atoms with E-state index in [9.17, 15) is 9.00 Å². The van der Waals surface area contributed by atoms with Crippen LogP contribution < -0.4 is 10.3 Å². The second-order valence-corrected chi connectivity index (χ2v) is 7.64. The Balaban J connectivity index is 1.45. The summed E-state index contributed by atoms with van der Waals surface area (Å²) in [5, 5.41) is 1.58. The Morgan fingerprint density at radius 1 is 1.00 bits per heavy atom. The second kappa shape index (κ2) is 8.32. The topological polar surface area (TPSA) is 59.2 Å². The molecule has 0 radical (unpaired) electrons. The average molecular weight is 376 g/mol. The molecule has 25 heavy (non-hydrogen) atoms. The molecule has 0 spiro atoms. The lowest BCUT2D eigenvalue weighted by atomic mass is 10.2. The Hall–Kier alpha value is -2.11. The number of hydrogen-bond acceptors (Lipinski definition) is 3. The Bertz CT molecular complexity index is 937. The van der Waals surface area contributed by atoms with Crippen molar-refractivity contribution in [2.24, 2.45) is 0 Å². The average Bonchev–Trinajstić information content (AvgIpc) is 2.62. The highest BCUT2D eigenvalue weighted by molar-refractivity contribution is 7.85. The molecule has 0 saturated carbocycles. The highest BCUT2D eigenvalue weighted by Gasteiger charge is 2.04. The van der Waals surface area contributed by atoms with Gasteiger partial charge in [0.1, 0.15) is 5.75 Å². The predicted octanol–water partition coefficient (Wildman–Crippen LogP) is 4.15. The highest BCUT2D eigenvalue weighted by Crippen LogP contribution is 2.18. The van der Waals surface area contributed by atoms with Gasteiger partial charge in [-0.15, -0.1) is 0 Å². The van der Waals surface area contributed by atoms with E-state index >= 15 is 0 Å². The molecule has 1 heterocycles. The van der Waals surface area contributed by atoms with E-state index < -0.39 is 10.8 Å². The summed E-state index contributed by atoms with van der Waals surface area (Å²) < 4.78 is 17.9. The Kier molecular flexibility index (Phi) is 5.89. The molecule has 0 fully saturated rings. The van der Waals surface area contributed by atoms with Crippen LogP contribution in [0.4, 0.5) is 0 Å². The molecule has 1 unspecified atom stereocenters. The van der Waals surface area contributed by atoms with Gasteiger partial charge < -0.3 is 9.72 Å². The van der Waals surface area contributed by atoms with Crippen LogP contribution in [0.2, 0.25) is 5.02 Å². The molecule has 3 aromatic rings. The van der Waals surface area contributed by atoms with Crippen molar-refractivity contribution < 1.29 is 8.95 Å². The molecule has 130 valence electrons. The molecule has 6 heteroatoms. The third-order valence-corrected chi connectivity index (χ3v) is 5.47. The summed E-state index contributed by atoms with van der Waals surface area (Å²) in [6.45, 7) is 0.562. The van der Waals surface area contributed by atoms with E-state index in [0.29, 0.717) is 17.4 Å². The van der Waals surface area contributed by atoms with Crippen molar-refractivity contribution in [2.45, 2.75) is 17.7 Å². The van der Waals surface area contributed by atoms with Gasteiger partial charge in [-0.1, -0.05) is 11.6 Å². The van der Waals surface area contributed by atoms with Gasteiger partial charge in [0.15, 0.2) is 0 Å². The summed E-state index contributed by atoms with van der Waals surface area (Å²) >= 11 is 5.83. The van der Waals surface area contributed by atoms with E-state index in [2.05, 4.69) is 4.98 Å². The third kappa shape index (κ3) is 4.94. The minimum atomic E-state index is -1.01. The van der Waals surface area contributed by atoms with Crippen LogP contribution in [0.15, 0.2) is 64.3 Å². The van der Waals surface area contributed by atoms with Crippen LogP contribution in [0.3, 0.4) is 0 Å². The van der Waals surface area contributed by atoms with Gasteiger partial charge in [0.2, 0.25) is 5.56 Å². The minimum absolute atomic E-state index is 0.116. The molecule has 0 aliphatic carbocycles. The summed E-state index contributed by atoms with van der Waals surface area (Å²) in [7, 11) is -1.01. The lowest BCUT2D eigenvalue weighted by molar-refractivity contribution is 0.310. The van der Waals surface area contributed by atoms with Crippen molar-refractivity contribution in [3.05, 3.63) is 70.0 Å². The van der Waals surface area contributed by atoms with E-state index in [1.807, 2.05) is 18.2 Å². The molecule has 0 bridgehead atoms. The number of hydrogen-bond donors (Lipinski definition) is 1. The standard InChI is InChI=1S/C19H18ClNO3S/c20-15-4-7-17(8-5-15)25(23)12-2-1-11-24-16-6-9-18-14(13-16)3-10-19(22)21-18/h3-10,13H,1-2,11-12H2,(H,21,22). The van der Waals surface area contributed by atoms with Crippen LogP contribution in [0.25, 0.3) is 10.9 Å². The van der Waals surface area contributed by atoms with Crippen LogP contribution in [-0.4, -0.2) is 21.6 Å². The van der Waals surface area contributed by atoms with Gasteiger partial charge in [-0.2, -0.15) is 0 Å². The molecule has 1 aromatic heterocycles. The lowest BCUT2D eigenvalue weighted by Crippen LogP contribution is -2.04. The van der Waals surface area contributed by atoms with Gasteiger partial charge in [-0.05, 0) is 61.4 Å². The fourth-order valence-electron chi connectivity index (χ4n) is 2.45. The molecule has 2 aromatic carbocycles. The maximum absolute atomic E-state index is 12.2. The second-order valence-electron chi connectivity index (χ2n) is 5.63. The first-order chi connectivity index (χ1) is 12.1. The van der Waals surface area contributed by atoms with Gasteiger partial charge >= 0.3 is 0 Å². The number of rotatable bonds is 7. The fourth-order valence-corrected chi connectivity index (χ4v) is 3.72. The van der Waals surface area contributed by atoms with E-state index in [1.54, 1.807) is 30.3 Å². The molecule has 1 atom stereocenters. The SMILES string of the molecule is O=c1ccc2cc(OCCCCS(=O)c3ccc(Cl)cc3)ccc2[nH]1. The molecular formula is C19H18ClNO3S. The van der Waals surface area contributed by atoms with E-state index in [0.717, 1.165) is 34.4 Å². The number of unbranched alkanes of at least 4 members (excludes halogenated alkanes) is 1. The summed E-state index contributed by atoms with van der Waals surface area (Å²) in [5.41, 5.74) is 0.674. The van der Waals surface area contributed by atoms with Crippen molar-refractivity contribution >= 4 is 33.3 Å². The first-order valence-corrected chi connectivity index (χ1v) is 9.71. The number of benzene rings is 2. The third-order valence-electron chi connectivity index (χ3n) is 3.76. The molecule has 4 nitrogen and oxygen atoms in total. The van der Waals surface area contributed by atoms with Crippen molar-refractivity contribution in [1.29, 1.82) is 0 Å². The minimum Gasteiger partial charge on any atom is -0.494 e. The fraction of sp³-hybridized carbons (Fsp3) is 0.211. The number of aromatic nitrogens is 1. The maximum atomic E-state index is 12.2. The predicted molar refractivity (Wildman–Crippen MR) is 102 cm³/mol. The van der Waals surface area contributed by atoms with Gasteiger partial charge in [-0.25, -0.2) is 0 Å². The molecule has 3 rings (SSSR count). The van der Waals surface area contributed by atoms with Crippen LogP contribution in [-0.2, 0) is 10.8 Å². The van der Waals surface area contributed by atoms with Gasteiger partial charge in [-0.3, -0.25) is 9.00 Å². The number of H-pyrrole nitrogens is 1. The Morgan fingerprint density at radius 2 is 1.80 bits per heavy atom. The van der Waals surface area contributed by atoms with Crippen molar-refractivity contribution in [3.63, 3.8) is 0 Å². The summed E-state index contributed by atoms with van der Waals surface area (Å²) in [6, 6.07) is 16.0. The number of halogens is 1. The zero-order chi connectivity index (χ0) is 17.6. The van der Waals surface area contributed by atoms with E-state index in [1.165, 1.54) is 6.07 Å². The highest BCUT2D eigenvalue weighted by atomic mass is 35.5. The first kappa shape index (κ1) is 17.7. The number of pyridine rings is 1. The maximum Gasteiger partial charge on any atom is 0.248 e. The first-order valence-electron chi connectivity index (χ1n) is 8.02. The van der Waals surface area contributed by atoms with Crippen molar-refractivity contribution in [2.75, 3.05) is 12.4 Å². The quantitative estimate of drug-likeness (QED) is 0.631. The molecule has 0 saturated heterocycles. The molecule has 0 aliphatic rings. The van der Waals surface area contributed by atoms with Crippen molar-refractivity contribution in [3.8, 4) is 5.75 Å². The van der Waals surface area contributed by atoms with Gasteiger partial charge in [0, 0.05) is 32.6 Å². The lowest BCUT2D eigenvalue weighted by Gasteiger charge is -2.07. The summed E-state index contributed by atoms with van der Waals surface area (Å²) in [5.74, 6) is 1.36. The smallest absolute Gasteiger partial charge is 0.248 e. The Morgan fingerprint density at radius 3 is 2.60 bits per heavy atom. The largest absolute Gasteiger partial charge is 0.494 e.